The van der Waals surface area contributed by atoms with Gasteiger partial charge in [0.2, 0.25) is 0 Å². The topological polar surface area (TPSA) is 42.2 Å². The van der Waals surface area contributed by atoms with Crippen LogP contribution in [-0.2, 0) is 6.54 Å². The van der Waals surface area contributed by atoms with Crippen molar-refractivity contribution in [1.29, 1.82) is 0 Å². The third-order valence-electron chi connectivity index (χ3n) is 4.80. The molecule has 0 saturated carbocycles. The van der Waals surface area contributed by atoms with Crippen LogP contribution in [0.4, 0.5) is 0 Å². The first-order chi connectivity index (χ1) is 13.5. The molecule has 1 N–H and O–H groups in total. The van der Waals surface area contributed by atoms with Crippen LogP contribution >= 0.6 is 11.8 Å². The van der Waals surface area contributed by atoms with Gasteiger partial charge in [-0.1, -0.05) is 71.4 Å². The summed E-state index contributed by atoms with van der Waals surface area (Å²) in [4.78, 5) is 14.1. The van der Waals surface area contributed by atoms with Crippen molar-refractivity contribution >= 4 is 28.6 Å². The van der Waals surface area contributed by atoms with Gasteiger partial charge in [-0.3, -0.25) is 0 Å². The molecule has 0 radical (unpaired) electrons. The molecule has 0 aliphatic rings. The average molecular weight is 388 g/mol. The predicted octanol–water partition coefficient (Wildman–Crippen LogP) is 6.16. The van der Waals surface area contributed by atoms with Crippen molar-refractivity contribution in [2.45, 2.75) is 30.2 Å². The Balaban J connectivity index is 1.91. The summed E-state index contributed by atoms with van der Waals surface area (Å²) < 4.78 is 1.92. The Morgan fingerprint density at radius 3 is 2.29 bits per heavy atom. The highest BCUT2D eigenvalue weighted by Crippen LogP contribution is 2.39. The van der Waals surface area contributed by atoms with Crippen LogP contribution in [0.2, 0.25) is 0 Å². The standard InChI is InChI=1S/C24H21NO2S/c1-16-8-11-18(12-9-16)15-25-21-13-10-17(2)14-20(21)23(22(25)24(26)27)28-19-6-4-3-5-7-19/h3-14H,15H2,1-2H3,(H,26,27). The normalized spacial score (nSPS) is 11.1. The average Bonchev–Trinajstić information content (AvgIpc) is 2.97. The summed E-state index contributed by atoms with van der Waals surface area (Å²) in [6.07, 6.45) is 0. The molecule has 0 spiro atoms. The van der Waals surface area contributed by atoms with E-state index in [1.54, 1.807) is 0 Å². The van der Waals surface area contributed by atoms with Crippen LogP contribution in [0, 0.1) is 13.8 Å². The molecular formula is C24H21NO2S. The first-order valence-corrected chi connectivity index (χ1v) is 9.99. The molecule has 4 aromatic rings. The van der Waals surface area contributed by atoms with Crippen molar-refractivity contribution in [2.75, 3.05) is 0 Å². The summed E-state index contributed by atoms with van der Waals surface area (Å²) in [7, 11) is 0. The minimum atomic E-state index is -0.903. The summed E-state index contributed by atoms with van der Waals surface area (Å²) >= 11 is 1.51. The molecule has 140 valence electrons. The zero-order chi connectivity index (χ0) is 19.7. The smallest absolute Gasteiger partial charge is 0.353 e. The van der Waals surface area contributed by atoms with Gasteiger partial charge in [0.05, 0.1) is 10.4 Å². The highest BCUT2D eigenvalue weighted by Gasteiger charge is 2.23. The van der Waals surface area contributed by atoms with E-state index in [2.05, 4.69) is 37.3 Å². The largest absolute Gasteiger partial charge is 0.477 e. The lowest BCUT2D eigenvalue weighted by molar-refractivity contribution is 0.0682. The summed E-state index contributed by atoms with van der Waals surface area (Å²) in [6.45, 7) is 4.61. The Morgan fingerprint density at radius 1 is 0.929 bits per heavy atom. The molecule has 3 aromatic carbocycles. The predicted molar refractivity (Wildman–Crippen MR) is 114 cm³/mol. The third-order valence-corrected chi connectivity index (χ3v) is 5.92. The van der Waals surface area contributed by atoms with Gasteiger partial charge in [0.1, 0.15) is 5.69 Å². The molecule has 0 unspecified atom stereocenters. The molecule has 0 amide bonds. The van der Waals surface area contributed by atoms with Gasteiger partial charge < -0.3 is 9.67 Å². The van der Waals surface area contributed by atoms with E-state index >= 15 is 0 Å². The Morgan fingerprint density at radius 2 is 1.61 bits per heavy atom. The van der Waals surface area contributed by atoms with Gasteiger partial charge in [-0.25, -0.2) is 4.79 Å². The van der Waals surface area contributed by atoms with Crippen LogP contribution in [0.15, 0.2) is 82.6 Å². The van der Waals surface area contributed by atoms with E-state index in [1.807, 2.05) is 54.0 Å². The van der Waals surface area contributed by atoms with E-state index in [0.29, 0.717) is 12.2 Å². The molecule has 4 rings (SSSR count). The maximum atomic E-state index is 12.3. The number of aryl methyl sites for hydroxylation is 2. The van der Waals surface area contributed by atoms with Crippen molar-refractivity contribution < 1.29 is 9.90 Å². The molecule has 3 nitrogen and oxygen atoms in total. The molecule has 0 saturated heterocycles. The third kappa shape index (κ3) is 3.56. The van der Waals surface area contributed by atoms with Crippen LogP contribution in [0.25, 0.3) is 10.9 Å². The zero-order valence-corrected chi connectivity index (χ0v) is 16.7. The molecule has 0 bridgehead atoms. The van der Waals surface area contributed by atoms with Gasteiger partial charge in [-0.2, -0.15) is 0 Å². The molecular weight excluding hydrogens is 366 g/mol. The lowest BCUT2D eigenvalue weighted by Gasteiger charge is -2.10. The van der Waals surface area contributed by atoms with Crippen molar-refractivity contribution in [1.82, 2.24) is 4.57 Å². The first kappa shape index (κ1) is 18.4. The number of aromatic nitrogens is 1. The van der Waals surface area contributed by atoms with Crippen molar-refractivity contribution in [2.24, 2.45) is 0 Å². The van der Waals surface area contributed by atoms with Crippen LogP contribution in [0.5, 0.6) is 0 Å². The van der Waals surface area contributed by atoms with Crippen LogP contribution in [0.3, 0.4) is 0 Å². The molecule has 0 aliphatic carbocycles. The van der Waals surface area contributed by atoms with Gasteiger partial charge in [0.25, 0.3) is 0 Å². The number of fused-ring (bicyclic) bond motifs is 1. The molecule has 1 aromatic heterocycles. The number of aromatic carboxylic acids is 1. The minimum Gasteiger partial charge on any atom is -0.477 e. The Hall–Kier alpha value is -2.98. The Labute approximate surface area is 168 Å². The second kappa shape index (κ2) is 7.56. The molecule has 28 heavy (non-hydrogen) atoms. The second-order valence-electron chi connectivity index (χ2n) is 6.99. The Bertz CT molecular complexity index is 1140. The van der Waals surface area contributed by atoms with E-state index in [4.69, 9.17) is 0 Å². The van der Waals surface area contributed by atoms with Crippen LogP contribution in [-0.4, -0.2) is 15.6 Å². The molecule has 0 aliphatic heterocycles. The summed E-state index contributed by atoms with van der Waals surface area (Å²) in [5.41, 5.74) is 4.68. The van der Waals surface area contributed by atoms with E-state index < -0.39 is 5.97 Å². The number of hydrogen-bond donors (Lipinski definition) is 1. The highest BCUT2D eigenvalue weighted by atomic mass is 32.2. The SMILES string of the molecule is Cc1ccc(Cn2c(C(=O)O)c(Sc3ccccc3)c3cc(C)ccc32)cc1. The minimum absolute atomic E-state index is 0.343. The summed E-state index contributed by atoms with van der Waals surface area (Å²) in [5, 5.41) is 11.1. The number of hydrogen-bond acceptors (Lipinski definition) is 2. The fourth-order valence-corrected chi connectivity index (χ4v) is 4.50. The number of benzene rings is 3. The lowest BCUT2D eigenvalue weighted by atomic mass is 10.1. The zero-order valence-electron chi connectivity index (χ0n) is 15.8. The number of carboxylic acid groups (broad SMARTS) is 1. The van der Waals surface area contributed by atoms with E-state index in [0.717, 1.165) is 31.8 Å². The van der Waals surface area contributed by atoms with E-state index in [9.17, 15) is 9.90 Å². The van der Waals surface area contributed by atoms with Gasteiger partial charge >= 0.3 is 5.97 Å². The van der Waals surface area contributed by atoms with Crippen molar-refractivity contribution in [3.63, 3.8) is 0 Å². The summed E-state index contributed by atoms with van der Waals surface area (Å²) in [6, 6.07) is 24.3. The van der Waals surface area contributed by atoms with E-state index in [-0.39, 0.29) is 0 Å². The monoisotopic (exact) mass is 387 g/mol. The highest BCUT2D eigenvalue weighted by molar-refractivity contribution is 7.99. The second-order valence-corrected chi connectivity index (χ2v) is 8.07. The lowest BCUT2D eigenvalue weighted by Crippen LogP contribution is -2.10. The maximum absolute atomic E-state index is 12.3. The molecule has 1 heterocycles. The molecule has 0 fully saturated rings. The number of rotatable bonds is 5. The molecule has 4 heteroatoms. The number of carbonyl (C=O) groups is 1. The van der Waals surface area contributed by atoms with Gasteiger partial charge in [0, 0.05) is 16.8 Å². The van der Waals surface area contributed by atoms with Gasteiger partial charge in [-0.15, -0.1) is 0 Å². The van der Waals surface area contributed by atoms with Crippen LogP contribution < -0.4 is 0 Å². The summed E-state index contributed by atoms with van der Waals surface area (Å²) in [5.74, 6) is -0.903. The number of nitrogens with zero attached hydrogens (tertiary/aromatic N) is 1. The Kier molecular flexibility index (Phi) is 4.97. The molecule has 0 atom stereocenters. The first-order valence-electron chi connectivity index (χ1n) is 9.17. The van der Waals surface area contributed by atoms with Crippen molar-refractivity contribution in [3.05, 3.63) is 95.2 Å². The quantitative estimate of drug-likeness (QED) is 0.446. The number of carboxylic acids is 1. The fourth-order valence-electron chi connectivity index (χ4n) is 3.40. The van der Waals surface area contributed by atoms with Gasteiger partial charge in [0.15, 0.2) is 0 Å². The van der Waals surface area contributed by atoms with E-state index in [1.165, 1.54) is 17.3 Å². The van der Waals surface area contributed by atoms with Crippen molar-refractivity contribution in [3.8, 4) is 0 Å². The maximum Gasteiger partial charge on any atom is 0.353 e. The fraction of sp³-hybridized carbons (Fsp3) is 0.125. The van der Waals surface area contributed by atoms with Crippen LogP contribution in [0.1, 0.15) is 27.2 Å². The van der Waals surface area contributed by atoms with Gasteiger partial charge in [-0.05, 0) is 43.7 Å².